The monoisotopic (exact) mass is 605 g/mol. The summed E-state index contributed by atoms with van der Waals surface area (Å²) in [7, 11) is 1.57. The number of halogens is 1. The Balaban J connectivity index is 1.40. The Kier molecular flexibility index (Phi) is 7.23. The molecule has 1 saturated heterocycles. The first-order valence-electron chi connectivity index (χ1n) is 12.8. The molecule has 208 valence electrons. The minimum atomic E-state index is -0.761. The lowest BCUT2D eigenvalue weighted by Gasteiger charge is -2.30. The molecule has 0 spiro atoms. The molecule has 2 aliphatic rings. The third kappa shape index (κ3) is 4.96. The highest BCUT2D eigenvalue weighted by molar-refractivity contribution is 8.00. The van der Waals surface area contributed by atoms with E-state index in [1.54, 1.807) is 55.6 Å². The molecule has 3 heterocycles. The van der Waals surface area contributed by atoms with Crippen LogP contribution in [0.3, 0.4) is 0 Å². The van der Waals surface area contributed by atoms with E-state index in [1.807, 2.05) is 31.2 Å². The fraction of sp³-hybridized carbons (Fsp3) is 0.200. The summed E-state index contributed by atoms with van der Waals surface area (Å²) in [5.41, 5.74) is 2.86. The second kappa shape index (κ2) is 10.8. The molecule has 0 bridgehead atoms. The molecule has 0 radical (unpaired) electrons. The van der Waals surface area contributed by atoms with Gasteiger partial charge in [0.1, 0.15) is 17.5 Å². The summed E-state index contributed by atoms with van der Waals surface area (Å²) in [6, 6.07) is 21.2. The second-order valence-electron chi connectivity index (χ2n) is 9.84. The van der Waals surface area contributed by atoms with Crippen molar-refractivity contribution < 1.29 is 19.1 Å². The van der Waals surface area contributed by atoms with Crippen molar-refractivity contribution in [3.8, 4) is 5.75 Å². The Labute approximate surface area is 248 Å². The predicted octanol–water partition coefficient (Wildman–Crippen LogP) is 5.31. The molecule has 1 fully saturated rings. The van der Waals surface area contributed by atoms with Crippen LogP contribution in [-0.4, -0.2) is 34.6 Å². The highest BCUT2D eigenvalue weighted by Gasteiger charge is 2.56. The molecule has 3 atom stereocenters. The molecule has 11 heteroatoms. The molecule has 0 saturated carbocycles. The van der Waals surface area contributed by atoms with Crippen LogP contribution < -0.4 is 19.8 Å². The first kappa shape index (κ1) is 27.3. The zero-order chi connectivity index (χ0) is 28.8. The molecule has 1 aromatic heterocycles. The average molecular weight is 606 g/mol. The minimum Gasteiger partial charge on any atom is -0.497 e. The number of fused-ring (bicyclic) bond motifs is 2. The van der Waals surface area contributed by atoms with Crippen LogP contribution in [0.5, 0.6) is 5.75 Å². The van der Waals surface area contributed by atoms with Gasteiger partial charge in [-0.2, -0.15) is 0 Å². The van der Waals surface area contributed by atoms with Gasteiger partial charge in [-0.1, -0.05) is 64.5 Å². The molecule has 1 N–H and O–H groups in total. The van der Waals surface area contributed by atoms with Crippen molar-refractivity contribution >= 4 is 63.8 Å². The van der Waals surface area contributed by atoms with E-state index in [0.717, 1.165) is 22.5 Å². The van der Waals surface area contributed by atoms with Crippen LogP contribution in [0.1, 0.15) is 21.9 Å². The number of rotatable bonds is 6. The van der Waals surface area contributed by atoms with Gasteiger partial charge in [-0.15, -0.1) is 0 Å². The van der Waals surface area contributed by atoms with Gasteiger partial charge >= 0.3 is 4.87 Å². The third-order valence-electron chi connectivity index (χ3n) is 7.25. The Morgan fingerprint density at radius 3 is 2.29 bits per heavy atom. The number of aromatic nitrogens is 1. The van der Waals surface area contributed by atoms with Gasteiger partial charge in [-0.25, -0.2) is 4.90 Å². The number of thiazole rings is 1. The number of methoxy groups -OCH3 is 1. The van der Waals surface area contributed by atoms with E-state index in [4.69, 9.17) is 16.3 Å². The van der Waals surface area contributed by atoms with E-state index in [2.05, 4.69) is 5.32 Å². The van der Waals surface area contributed by atoms with E-state index in [0.29, 0.717) is 32.1 Å². The number of thioether (sulfide) groups is 1. The number of carbonyl (C=O) groups is 3. The number of benzene rings is 3. The van der Waals surface area contributed by atoms with Crippen LogP contribution in [0, 0.1) is 12.8 Å². The maximum absolute atomic E-state index is 14.0. The molecule has 2 aliphatic heterocycles. The summed E-state index contributed by atoms with van der Waals surface area (Å²) in [5.74, 6) is -1.66. The van der Waals surface area contributed by atoms with Crippen LogP contribution >= 0.6 is 34.7 Å². The van der Waals surface area contributed by atoms with Gasteiger partial charge in [0.15, 0.2) is 0 Å². The molecule has 0 aliphatic carbocycles. The van der Waals surface area contributed by atoms with Gasteiger partial charge < -0.3 is 10.1 Å². The standard InChI is InChI=1S/C30H24ClN3O5S2/c1-16-3-11-20(12-4-16)34-27(36)24-23(17-5-13-21(39-2)14-6-17)26-29(40-25(24)28(34)37)33(30(38)41-26)15-22(35)32-19-9-7-18(31)8-10-19/h3-14,23-25H,15H2,1-2H3,(H,32,35). The molecule has 8 nitrogen and oxygen atoms in total. The van der Waals surface area contributed by atoms with Gasteiger partial charge in [0, 0.05) is 21.5 Å². The number of ether oxygens (including phenoxy) is 1. The number of hydrogen-bond acceptors (Lipinski definition) is 7. The van der Waals surface area contributed by atoms with Crippen molar-refractivity contribution in [2.75, 3.05) is 17.3 Å². The van der Waals surface area contributed by atoms with Crippen LogP contribution in [0.4, 0.5) is 11.4 Å². The average Bonchev–Trinajstić information content (AvgIpc) is 3.41. The Morgan fingerprint density at radius 2 is 1.63 bits per heavy atom. The molecular formula is C30H24ClN3O5S2. The molecule has 41 heavy (non-hydrogen) atoms. The zero-order valence-corrected chi connectivity index (χ0v) is 24.4. The predicted molar refractivity (Wildman–Crippen MR) is 160 cm³/mol. The smallest absolute Gasteiger partial charge is 0.308 e. The molecule has 4 aromatic rings. The van der Waals surface area contributed by atoms with Crippen LogP contribution in [0.25, 0.3) is 0 Å². The Morgan fingerprint density at radius 1 is 0.951 bits per heavy atom. The second-order valence-corrected chi connectivity index (χ2v) is 12.4. The van der Waals surface area contributed by atoms with Gasteiger partial charge in [-0.05, 0) is 61.0 Å². The van der Waals surface area contributed by atoms with Crippen molar-refractivity contribution in [3.05, 3.63) is 103 Å². The van der Waals surface area contributed by atoms with E-state index in [-0.39, 0.29) is 23.2 Å². The van der Waals surface area contributed by atoms with Crippen LogP contribution in [0.2, 0.25) is 5.02 Å². The van der Waals surface area contributed by atoms with E-state index in [9.17, 15) is 19.2 Å². The lowest BCUT2D eigenvalue weighted by Crippen LogP contribution is -2.33. The normalized spacial score (nSPS) is 19.6. The zero-order valence-electron chi connectivity index (χ0n) is 22.0. The minimum absolute atomic E-state index is 0.239. The number of aryl methyl sites for hydroxylation is 1. The molecule has 3 unspecified atom stereocenters. The SMILES string of the molecule is COc1ccc(C2c3sc(=O)n(CC(=O)Nc4ccc(Cl)cc4)c3SC3C(=O)N(c4ccc(C)cc4)C(=O)C32)cc1. The topological polar surface area (TPSA) is 97.7 Å². The molecule has 6 rings (SSSR count). The maximum atomic E-state index is 14.0. The highest BCUT2D eigenvalue weighted by Crippen LogP contribution is 2.54. The van der Waals surface area contributed by atoms with Crippen LogP contribution in [0.15, 0.2) is 82.6 Å². The lowest BCUT2D eigenvalue weighted by molar-refractivity contribution is -0.122. The fourth-order valence-electron chi connectivity index (χ4n) is 5.25. The summed E-state index contributed by atoms with van der Waals surface area (Å²) in [5, 5.41) is 3.09. The van der Waals surface area contributed by atoms with E-state index < -0.39 is 23.0 Å². The summed E-state index contributed by atoms with van der Waals surface area (Å²) in [6.07, 6.45) is 0. The van der Waals surface area contributed by atoms with Gasteiger partial charge in [0.2, 0.25) is 17.7 Å². The number of hydrogen-bond donors (Lipinski definition) is 1. The van der Waals surface area contributed by atoms with E-state index >= 15 is 0 Å². The van der Waals surface area contributed by atoms with Gasteiger partial charge in [-0.3, -0.25) is 23.7 Å². The summed E-state index contributed by atoms with van der Waals surface area (Å²) >= 11 is 8.14. The number of imide groups is 1. The van der Waals surface area contributed by atoms with Crippen molar-refractivity contribution in [2.45, 2.75) is 29.7 Å². The number of nitrogens with zero attached hydrogens (tertiary/aromatic N) is 2. The van der Waals surface area contributed by atoms with E-state index in [1.165, 1.54) is 21.2 Å². The number of amides is 3. The number of anilines is 2. The van der Waals surface area contributed by atoms with Gasteiger partial charge in [0.25, 0.3) is 0 Å². The van der Waals surface area contributed by atoms with Crippen molar-refractivity contribution in [2.24, 2.45) is 5.92 Å². The van der Waals surface area contributed by atoms with Crippen molar-refractivity contribution in [1.82, 2.24) is 4.57 Å². The first-order valence-corrected chi connectivity index (χ1v) is 14.9. The van der Waals surface area contributed by atoms with Crippen molar-refractivity contribution in [1.29, 1.82) is 0 Å². The Bertz CT molecular complexity index is 1720. The summed E-state index contributed by atoms with van der Waals surface area (Å²) in [4.78, 5) is 55.6. The number of carbonyl (C=O) groups excluding carboxylic acids is 3. The maximum Gasteiger partial charge on any atom is 0.308 e. The molecular weight excluding hydrogens is 582 g/mol. The Hall–Kier alpha value is -3.86. The molecule has 3 aromatic carbocycles. The summed E-state index contributed by atoms with van der Waals surface area (Å²) < 4.78 is 6.72. The number of nitrogens with one attached hydrogen (secondary N) is 1. The lowest BCUT2D eigenvalue weighted by atomic mass is 9.83. The highest BCUT2D eigenvalue weighted by atomic mass is 35.5. The van der Waals surface area contributed by atoms with Crippen molar-refractivity contribution in [3.63, 3.8) is 0 Å². The quantitative estimate of drug-likeness (QED) is 0.299. The molecule has 3 amide bonds. The summed E-state index contributed by atoms with van der Waals surface area (Å²) in [6.45, 7) is 1.70. The third-order valence-corrected chi connectivity index (χ3v) is 10.1. The first-order chi connectivity index (χ1) is 19.7. The van der Waals surface area contributed by atoms with Gasteiger partial charge in [0.05, 0.1) is 23.7 Å². The largest absolute Gasteiger partial charge is 0.497 e. The fourth-order valence-corrected chi connectivity index (χ4v) is 8.15. The van der Waals surface area contributed by atoms with Crippen LogP contribution in [-0.2, 0) is 20.9 Å².